The minimum atomic E-state index is -3.60. The summed E-state index contributed by atoms with van der Waals surface area (Å²) in [5, 5.41) is 10.9. The Bertz CT molecular complexity index is 754. The number of hydrogen-bond donors (Lipinski definition) is 2. The van der Waals surface area contributed by atoms with Gasteiger partial charge in [0.05, 0.1) is 24.1 Å². The van der Waals surface area contributed by atoms with Crippen LogP contribution < -0.4 is 9.46 Å². The molecule has 2 rings (SSSR count). The number of hydrogen-bond acceptors (Lipinski definition) is 5. The van der Waals surface area contributed by atoms with Gasteiger partial charge in [-0.1, -0.05) is 6.07 Å². The number of rotatable bonds is 7. The largest absolute Gasteiger partial charge is 0.495 e. The van der Waals surface area contributed by atoms with E-state index in [2.05, 4.69) is 4.72 Å². The number of carbonyl (C=O) groups is 1. The Morgan fingerprint density at radius 2 is 2.14 bits per heavy atom. The van der Waals surface area contributed by atoms with Gasteiger partial charge >= 0.3 is 5.97 Å². The molecular weight excluding hydrogens is 326 g/mol. The lowest BCUT2D eigenvalue weighted by molar-refractivity contribution is 0.0697. The van der Waals surface area contributed by atoms with Crippen LogP contribution in [-0.2, 0) is 16.4 Å². The Balaban J connectivity index is 2.17. The number of benzene rings is 1. The van der Waals surface area contributed by atoms with Crippen molar-refractivity contribution in [3.8, 4) is 5.75 Å². The van der Waals surface area contributed by atoms with Crippen LogP contribution in [0.4, 0.5) is 5.69 Å². The van der Waals surface area contributed by atoms with Gasteiger partial charge in [-0.05, 0) is 36.1 Å². The average molecular weight is 341 g/mol. The maximum atomic E-state index is 12.1. The molecule has 0 aliphatic carbocycles. The van der Waals surface area contributed by atoms with E-state index in [0.29, 0.717) is 6.42 Å². The minimum absolute atomic E-state index is 0.0169. The smallest absolute Gasteiger partial charge is 0.335 e. The zero-order valence-corrected chi connectivity index (χ0v) is 13.4. The fraction of sp³-hybridized carbons (Fsp3) is 0.214. The molecule has 1 aromatic heterocycles. The number of carboxylic acid groups (broad SMARTS) is 1. The first kappa shape index (κ1) is 16.3. The van der Waals surface area contributed by atoms with Crippen LogP contribution in [-0.4, -0.2) is 32.4 Å². The number of aromatic carboxylic acids is 1. The van der Waals surface area contributed by atoms with Crippen LogP contribution in [0.3, 0.4) is 0 Å². The van der Waals surface area contributed by atoms with E-state index >= 15 is 0 Å². The lowest BCUT2D eigenvalue weighted by Crippen LogP contribution is -2.18. The number of carboxylic acids is 1. The van der Waals surface area contributed by atoms with Crippen molar-refractivity contribution in [3.05, 3.63) is 46.2 Å². The van der Waals surface area contributed by atoms with Crippen LogP contribution >= 0.6 is 11.3 Å². The highest BCUT2D eigenvalue weighted by Crippen LogP contribution is 2.26. The highest BCUT2D eigenvalue weighted by molar-refractivity contribution is 7.92. The van der Waals surface area contributed by atoms with Gasteiger partial charge in [0.25, 0.3) is 0 Å². The minimum Gasteiger partial charge on any atom is -0.495 e. The van der Waals surface area contributed by atoms with Crippen molar-refractivity contribution >= 4 is 33.0 Å². The molecule has 1 aromatic carbocycles. The van der Waals surface area contributed by atoms with Gasteiger partial charge in [0.2, 0.25) is 10.0 Å². The van der Waals surface area contributed by atoms with Crippen molar-refractivity contribution < 1.29 is 23.1 Å². The zero-order chi connectivity index (χ0) is 16.2. The Kier molecular flexibility index (Phi) is 5.04. The maximum Gasteiger partial charge on any atom is 0.335 e. The summed E-state index contributed by atoms with van der Waals surface area (Å²) < 4.78 is 31.7. The number of ether oxygens (including phenoxy) is 1. The number of sulfonamides is 1. The second-order valence-electron chi connectivity index (χ2n) is 4.47. The molecular formula is C14H15NO5S2. The zero-order valence-electron chi connectivity index (χ0n) is 11.8. The van der Waals surface area contributed by atoms with E-state index in [1.165, 1.54) is 36.6 Å². The molecule has 2 aromatic rings. The third kappa shape index (κ3) is 4.22. The lowest BCUT2D eigenvalue weighted by atomic mass is 10.2. The third-order valence-electron chi connectivity index (χ3n) is 2.91. The highest BCUT2D eigenvalue weighted by Gasteiger charge is 2.16. The van der Waals surface area contributed by atoms with Gasteiger partial charge in [-0.2, -0.15) is 0 Å². The third-order valence-corrected chi connectivity index (χ3v) is 5.12. The summed E-state index contributed by atoms with van der Waals surface area (Å²) in [5.74, 6) is -0.958. The second kappa shape index (κ2) is 6.80. The summed E-state index contributed by atoms with van der Waals surface area (Å²) in [5.41, 5.74) is 0.102. The molecule has 0 amide bonds. The quantitative estimate of drug-likeness (QED) is 0.807. The summed E-state index contributed by atoms with van der Waals surface area (Å²) in [4.78, 5) is 12.0. The predicted octanol–water partition coefficient (Wildman–Crippen LogP) is 2.44. The SMILES string of the molecule is COc1ccc(C(=O)O)cc1NS(=O)(=O)CCc1cccs1. The lowest BCUT2D eigenvalue weighted by Gasteiger charge is -2.12. The fourth-order valence-electron chi connectivity index (χ4n) is 1.83. The van der Waals surface area contributed by atoms with Crippen molar-refractivity contribution in [2.45, 2.75) is 6.42 Å². The first-order chi connectivity index (χ1) is 10.4. The van der Waals surface area contributed by atoms with Gasteiger partial charge in [-0.25, -0.2) is 13.2 Å². The normalized spacial score (nSPS) is 11.1. The molecule has 118 valence electrons. The van der Waals surface area contributed by atoms with Crippen LogP contribution in [0.2, 0.25) is 0 Å². The van der Waals surface area contributed by atoms with E-state index in [1.54, 1.807) is 0 Å². The number of nitrogens with one attached hydrogen (secondary N) is 1. The monoisotopic (exact) mass is 341 g/mol. The molecule has 0 saturated heterocycles. The summed E-state index contributed by atoms with van der Waals surface area (Å²) in [6.45, 7) is 0. The summed E-state index contributed by atoms with van der Waals surface area (Å²) in [6.07, 6.45) is 0.397. The summed E-state index contributed by atoms with van der Waals surface area (Å²) >= 11 is 1.49. The topological polar surface area (TPSA) is 92.7 Å². The Morgan fingerprint density at radius 1 is 1.36 bits per heavy atom. The molecule has 1 heterocycles. The summed E-state index contributed by atoms with van der Waals surface area (Å²) in [6, 6.07) is 7.74. The molecule has 0 fully saturated rings. The van der Waals surface area contributed by atoms with E-state index in [9.17, 15) is 13.2 Å². The van der Waals surface area contributed by atoms with Gasteiger partial charge in [0.1, 0.15) is 5.75 Å². The molecule has 0 aliphatic heterocycles. The Labute approximate surface area is 132 Å². The van der Waals surface area contributed by atoms with Crippen molar-refractivity contribution in [2.24, 2.45) is 0 Å². The molecule has 0 unspecified atom stereocenters. The van der Waals surface area contributed by atoms with Crippen molar-refractivity contribution in [3.63, 3.8) is 0 Å². The molecule has 2 N–H and O–H groups in total. The predicted molar refractivity (Wildman–Crippen MR) is 85.4 cm³/mol. The van der Waals surface area contributed by atoms with Crippen LogP contribution in [0.1, 0.15) is 15.2 Å². The molecule has 0 saturated carbocycles. The molecule has 0 radical (unpaired) electrons. The van der Waals surface area contributed by atoms with Gasteiger partial charge in [-0.3, -0.25) is 4.72 Å². The van der Waals surface area contributed by atoms with E-state index in [4.69, 9.17) is 9.84 Å². The number of thiophene rings is 1. The van der Waals surface area contributed by atoms with E-state index in [0.717, 1.165) is 4.88 Å². The van der Waals surface area contributed by atoms with Crippen molar-refractivity contribution in [1.82, 2.24) is 0 Å². The maximum absolute atomic E-state index is 12.1. The molecule has 0 atom stereocenters. The van der Waals surface area contributed by atoms with E-state index < -0.39 is 16.0 Å². The number of aryl methyl sites for hydroxylation is 1. The van der Waals surface area contributed by atoms with Crippen LogP contribution in [0.25, 0.3) is 0 Å². The fourth-order valence-corrected chi connectivity index (χ4v) is 3.75. The molecule has 22 heavy (non-hydrogen) atoms. The first-order valence-corrected chi connectivity index (χ1v) is 8.88. The van der Waals surface area contributed by atoms with Gasteiger partial charge < -0.3 is 9.84 Å². The highest BCUT2D eigenvalue weighted by atomic mass is 32.2. The van der Waals surface area contributed by atoms with Crippen LogP contribution in [0.5, 0.6) is 5.75 Å². The van der Waals surface area contributed by atoms with Crippen LogP contribution in [0, 0.1) is 0 Å². The number of anilines is 1. The molecule has 8 heteroatoms. The average Bonchev–Trinajstić information content (AvgIpc) is 2.98. The molecule has 0 aliphatic rings. The van der Waals surface area contributed by atoms with E-state index in [1.807, 2.05) is 17.5 Å². The summed E-state index contributed by atoms with van der Waals surface area (Å²) in [7, 11) is -2.21. The Hall–Kier alpha value is -2.06. The van der Waals surface area contributed by atoms with Gasteiger partial charge in [0, 0.05) is 4.88 Å². The standard InChI is InChI=1S/C14H15NO5S2/c1-20-13-5-4-10(14(16)17)9-12(13)15-22(18,19)8-6-11-3-2-7-21-11/h2-5,7,9,15H,6,8H2,1H3,(H,16,17). The Morgan fingerprint density at radius 3 is 2.73 bits per heavy atom. The van der Waals surface area contributed by atoms with Crippen LogP contribution in [0.15, 0.2) is 35.7 Å². The second-order valence-corrected chi connectivity index (χ2v) is 7.34. The van der Waals surface area contributed by atoms with Gasteiger partial charge in [0.15, 0.2) is 0 Å². The molecule has 6 nitrogen and oxygen atoms in total. The molecule has 0 bridgehead atoms. The first-order valence-electron chi connectivity index (χ1n) is 6.35. The van der Waals surface area contributed by atoms with Crippen molar-refractivity contribution in [2.75, 3.05) is 17.6 Å². The van der Waals surface area contributed by atoms with Crippen molar-refractivity contribution in [1.29, 1.82) is 0 Å². The van der Waals surface area contributed by atoms with Gasteiger partial charge in [-0.15, -0.1) is 11.3 Å². The van der Waals surface area contributed by atoms with E-state index in [-0.39, 0.29) is 22.8 Å². The number of methoxy groups -OCH3 is 1. The molecule has 0 spiro atoms.